The molecule has 2 aromatic carbocycles. The quantitative estimate of drug-likeness (QED) is 0.607. The highest BCUT2D eigenvalue weighted by molar-refractivity contribution is 5.78. The van der Waals surface area contributed by atoms with E-state index in [4.69, 9.17) is 9.47 Å². The highest BCUT2D eigenvalue weighted by atomic mass is 16.5. The second-order valence-corrected chi connectivity index (χ2v) is 7.55. The van der Waals surface area contributed by atoms with E-state index in [0.29, 0.717) is 26.2 Å². The van der Waals surface area contributed by atoms with E-state index in [1.165, 1.54) is 0 Å². The molecule has 3 aromatic rings. The molecule has 7 nitrogen and oxygen atoms in total. The molecule has 4 rings (SSSR count). The lowest BCUT2D eigenvalue weighted by molar-refractivity contribution is -0.120. The van der Waals surface area contributed by atoms with Crippen LogP contribution in [0.1, 0.15) is 17.2 Å². The summed E-state index contributed by atoms with van der Waals surface area (Å²) in [6, 6.07) is 18.0. The number of hydrogen-bond donors (Lipinski definition) is 1. The number of carbonyl (C=O) groups is 1. The van der Waals surface area contributed by atoms with E-state index in [2.05, 4.69) is 27.4 Å². The van der Waals surface area contributed by atoms with E-state index in [-0.39, 0.29) is 11.9 Å². The Bertz CT molecular complexity index is 966. The Balaban J connectivity index is 1.39. The summed E-state index contributed by atoms with van der Waals surface area (Å²) in [5, 5.41) is 7.49. The molecule has 0 bridgehead atoms. The van der Waals surface area contributed by atoms with Crippen molar-refractivity contribution in [1.29, 1.82) is 0 Å². The average molecular weight is 421 g/mol. The third-order valence-corrected chi connectivity index (χ3v) is 5.50. The molecule has 1 saturated heterocycles. The van der Waals surface area contributed by atoms with Crippen LogP contribution in [0, 0.1) is 0 Å². The molecular formula is C24H28N4O3. The van der Waals surface area contributed by atoms with E-state index in [0.717, 1.165) is 35.7 Å². The lowest BCUT2D eigenvalue weighted by Gasteiger charge is -2.35. The minimum absolute atomic E-state index is 0.0145. The topological polar surface area (TPSA) is 68.6 Å². The molecule has 7 heteroatoms. The molecule has 2 heterocycles. The van der Waals surface area contributed by atoms with Crippen LogP contribution in [0.5, 0.6) is 5.75 Å². The van der Waals surface area contributed by atoms with Gasteiger partial charge in [0.15, 0.2) is 0 Å². The molecule has 1 aromatic heterocycles. The standard InChI is InChI=1S/C24H28N4O3/c1-30-22-9-7-20(8-10-22)23(27-11-13-31-14-12-27)17-25-24(29)15-19-16-26-28(18-19)21-5-3-2-4-6-21/h2-10,16,18,23H,11-15,17H2,1H3,(H,25,29)/t23-/m0/s1. The number of benzene rings is 2. The van der Waals surface area contributed by atoms with Crippen molar-refractivity contribution < 1.29 is 14.3 Å². The average Bonchev–Trinajstić information content (AvgIpc) is 3.29. The zero-order valence-corrected chi connectivity index (χ0v) is 17.7. The molecular weight excluding hydrogens is 392 g/mol. The van der Waals surface area contributed by atoms with Gasteiger partial charge in [0.05, 0.1) is 44.7 Å². The Hall–Kier alpha value is -3.16. The molecule has 1 aliphatic rings. The number of nitrogens with zero attached hydrogens (tertiary/aromatic N) is 3. The monoisotopic (exact) mass is 420 g/mol. The summed E-state index contributed by atoms with van der Waals surface area (Å²) in [6.07, 6.45) is 3.94. The van der Waals surface area contributed by atoms with Crippen molar-refractivity contribution in [3.05, 3.63) is 78.1 Å². The van der Waals surface area contributed by atoms with Crippen molar-refractivity contribution in [3.8, 4) is 11.4 Å². The maximum atomic E-state index is 12.7. The largest absolute Gasteiger partial charge is 0.497 e. The summed E-state index contributed by atoms with van der Waals surface area (Å²) in [4.78, 5) is 15.0. The Morgan fingerprint density at radius 1 is 1.13 bits per heavy atom. The Morgan fingerprint density at radius 3 is 2.58 bits per heavy atom. The van der Waals surface area contributed by atoms with Crippen molar-refractivity contribution in [3.63, 3.8) is 0 Å². The molecule has 1 atom stereocenters. The van der Waals surface area contributed by atoms with Gasteiger partial charge in [0, 0.05) is 25.8 Å². The zero-order valence-electron chi connectivity index (χ0n) is 17.7. The van der Waals surface area contributed by atoms with Gasteiger partial charge in [-0.15, -0.1) is 0 Å². The number of rotatable bonds is 8. The molecule has 162 valence electrons. The highest BCUT2D eigenvalue weighted by Crippen LogP contribution is 2.23. The van der Waals surface area contributed by atoms with Gasteiger partial charge in [-0.1, -0.05) is 30.3 Å². The van der Waals surface area contributed by atoms with Crippen molar-refractivity contribution in [1.82, 2.24) is 20.0 Å². The maximum Gasteiger partial charge on any atom is 0.224 e. The van der Waals surface area contributed by atoms with Crippen molar-refractivity contribution in [2.24, 2.45) is 0 Å². The van der Waals surface area contributed by atoms with E-state index < -0.39 is 0 Å². The molecule has 0 spiro atoms. The number of para-hydroxylation sites is 1. The third-order valence-electron chi connectivity index (χ3n) is 5.50. The molecule has 31 heavy (non-hydrogen) atoms. The summed E-state index contributed by atoms with van der Waals surface area (Å²) in [5.41, 5.74) is 3.01. The van der Waals surface area contributed by atoms with Gasteiger partial charge in [0.1, 0.15) is 5.75 Å². The fraction of sp³-hybridized carbons (Fsp3) is 0.333. The first-order valence-corrected chi connectivity index (χ1v) is 10.5. The number of ether oxygens (including phenoxy) is 2. The Kier molecular flexibility index (Phi) is 6.96. The molecule has 0 radical (unpaired) electrons. The number of amides is 1. The third kappa shape index (κ3) is 5.51. The maximum absolute atomic E-state index is 12.7. The van der Waals surface area contributed by atoms with Crippen LogP contribution in [0.25, 0.3) is 5.69 Å². The van der Waals surface area contributed by atoms with Crippen molar-refractivity contribution >= 4 is 5.91 Å². The van der Waals surface area contributed by atoms with Crippen LogP contribution in [0.15, 0.2) is 67.0 Å². The molecule has 0 aliphatic carbocycles. The van der Waals surface area contributed by atoms with Gasteiger partial charge < -0.3 is 14.8 Å². The van der Waals surface area contributed by atoms with Gasteiger partial charge in [0.2, 0.25) is 5.91 Å². The van der Waals surface area contributed by atoms with E-state index >= 15 is 0 Å². The first kappa shape index (κ1) is 21.1. The van der Waals surface area contributed by atoms with Crippen LogP contribution in [0.2, 0.25) is 0 Å². The van der Waals surface area contributed by atoms with Gasteiger partial charge in [-0.2, -0.15) is 5.10 Å². The number of hydrogen-bond acceptors (Lipinski definition) is 5. The summed E-state index contributed by atoms with van der Waals surface area (Å²) < 4.78 is 12.6. The number of methoxy groups -OCH3 is 1. The van der Waals surface area contributed by atoms with Gasteiger partial charge in [0.25, 0.3) is 0 Å². The predicted octanol–water partition coefficient (Wildman–Crippen LogP) is 2.61. The smallest absolute Gasteiger partial charge is 0.224 e. The molecule has 1 aliphatic heterocycles. The number of carbonyl (C=O) groups excluding carboxylic acids is 1. The van der Waals surface area contributed by atoms with Crippen LogP contribution >= 0.6 is 0 Å². The molecule has 0 saturated carbocycles. The van der Waals surface area contributed by atoms with Crippen molar-refractivity contribution in [2.75, 3.05) is 40.0 Å². The fourth-order valence-corrected chi connectivity index (χ4v) is 3.80. The summed E-state index contributed by atoms with van der Waals surface area (Å²) >= 11 is 0. The molecule has 1 N–H and O–H groups in total. The van der Waals surface area contributed by atoms with Crippen LogP contribution < -0.4 is 10.1 Å². The van der Waals surface area contributed by atoms with Crippen LogP contribution in [-0.2, 0) is 16.0 Å². The number of aromatic nitrogens is 2. The van der Waals surface area contributed by atoms with Crippen LogP contribution in [-0.4, -0.2) is 60.5 Å². The highest BCUT2D eigenvalue weighted by Gasteiger charge is 2.23. The minimum Gasteiger partial charge on any atom is -0.497 e. The van der Waals surface area contributed by atoms with Gasteiger partial charge >= 0.3 is 0 Å². The molecule has 0 unspecified atom stereocenters. The first-order valence-electron chi connectivity index (χ1n) is 10.5. The minimum atomic E-state index is -0.0145. The SMILES string of the molecule is COc1ccc([C@H](CNC(=O)Cc2cnn(-c3ccccc3)c2)N2CCOCC2)cc1. The predicted molar refractivity (Wildman–Crippen MR) is 118 cm³/mol. The second kappa shape index (κ2) is 10.2. The fourth-order valence-electron chi connectivity index (χ4n) is 3.80. The normalized spacial score (nSPS) is 15.4. The lowest BCUT2D eigenvalue weighted by atomic mass is 10.0. The van der Waals surface area contributed by atoms with Crippen LogP contribution in [0.4, 0.5) is 0 Å². The molecule has 1 amide bonds. The summed E-state index contributed by atoms with van der Waals surface area (Å²) in [6.45, 7) is 3.64. The van der Waals surface area contributed by atoms with Crippen molar-refractivity contribution in [2.45, 2.75) is 12.5 Å². The first-order chi connectivity index (χ1) is 15.2. The summed E-state index contributed by atoms with van der Waals surface area (Å²) in [5.74, 6) is 0.809. The van der Waals surface area contributed by atoms with E-state index in [9.17, 15) is 4.79 Å². The van der Waals surface area contributed by atoms with Crippen LogP contribution in [0.3, 0.4) is 0 Å². The zero-order chi connectivity index (χ0) is 21.5. The van der Waals surface area contributed by atoms with Gasteiger partial charge in [-0.05, 0) is 35.4 Å². The summed E-state index contributed by atoms with van der Waals surface area (Å²) in [7, 11) is 1.66. The number of nitrogens with one attached hydrogen (secondary N) is 1. The lowest BCUT2D eigenvalue weighted by Crippen LogP contribution is -2.44. The van der Waals surface area contributed by atoms with Gasteiger partial charge in [-0.25, -0.2) is 4.68 Å². The number of morpholine rings is 1. The van der Waals surface area contributed by atoms with E-state index in [1.54, 1.807) is 18.0 Å². The molecule has 1 fully saturated rings. The Morgan fingerprint density at radius 2 is 1.87 bits per heavy atom. The van der Waals surface area contributed by atoms with Gasteiger partial charge in [-0.3, -0.25) is 9.69 Å². The Labute approximate surface area is 182 Å². The van der Waals surface area contributed by atoms with E-state index in [1.807, 2.05) is 48.7 Å². The second-order valence-electron chi connectivity index (χ2n) is 7.55.